The highest BCUT2D eigenvalue weighted by Gasteiger charge is 2.18. The van der Waals surface area contributed by atoms with Crippen molar-refractivity contribution >= 4 is 28.6 Å². The van der Waals surface area contributed by atoms with Crippen molar-refractivity contribution in [3.05, 3.63) is 105 Å². The Morgan fingerprint density at radius 2 is 1.88 bits per heavy atom. The quantitative estimate of drug-likeness (QED) is 0.437. The molecular weight excluding hydrogens is 428 g/mol. The summed E-state index contributed by atoms with van der Waals surface area (Å²) in [7, 11) is 1.73. The third-order valence-corrected chi connectivity index (χ3v) is 5.61. The molecule has 2 heterocycles. The molecule has 164 valence electrons. The normalized spacial score (nSPS) is 12.1. The van der Waals surface area contributed by atoms with Gasteiger partial charge in [-0.15, -0.1) is 0 Å². The Labute approximate surface area is 190 Å². The van der Waals surface area contributed by atoms with E-state index in [0.29, 0.717) is 34.7 Å². The van der Waals surface area contributed by atoms with E-state index >= 15 is 0 Å². The summed E-state index contributed by atoms with van der Waals surface area (Å²) in [6, 6.07) is 18.2. The van der Waals surface area contributed by atoms with Crippen molar-refractivity contribution in [3.8, 4) is 0 Å². The van der Waals surface area contributed by atoms with Crippen LogP contribution in [0.25, 0.3) is 11.1 Å². The first-order valence-electron chi connectivity index (χ1n) is 10.3. The van der Waals surface area contributed by atoms with E-state index in [1.54, 1.807) is 29.8 Å². The SMILES string of the molecule is Cn1cc(C(=O)NCc2ccc(Cl)cc2)c(=O)c2cc(CCC(O)c3ccccc3)oc21. The summed E-state index contributed by atoms with van der Waals surface area (Å²) in [5, 5.41) is 14.1. The number of hydrogen-bond acceptors (Lipinski definition) is 4. The van der Waals surface area contributed by atoms with Gasteiger partial charge in [-0.3, -0.25) is 9.59 Å². The Bertz CT molecular complexity index is 1290. The van der Waals surface area contributed by atoms with E-state index in [-0.39, 0.29) is 17.5 Å². The molecule has 2 aromatic carbocycles. The number of carbonyl (C=O) groups is 1. The predicted molar refractivity (Wildman–Crippen MR) is 124 cm³/mol. The van der Waals surface area contributed by atoms with Gasteiger partial charge in [0.15, 0.2) is 0 Å². The van der Waals surface area contributed by atoms with Crippen LogP contribution in [0.5, 0.6) is 0 Å². The number of halogens is 1. The highest BCUT2D eigenvalue weighted by molar-refractivity contribution is 6.30. The van der Waals surface area contributed by atoms with E-state index < -0.39 is 12.0 Å². The topological polar surface area (TPSA) is 84.5 Å². The molecule has 0 fully saturated rings. The van der Waals surface area contributed by atoms with Gasteiger partial charge in [0, 0.05) is 31.2 Å². The van der Waals surface area contributed by atoms with Gasteiger partial charge in [0.2, 0.25) is 11.1 Å². The predicted octanol–water partition coefficient (Wildman–Crippen LogP) is 4.38. The minimum atomic E-state index is -0.626. The molecule has 0 saturated heterocycles. The maximum Gasteiger partial charge on any atom is 0.257 e. The van der Waals surface area contributed by atoms with Gasteiger partial charge in [-0.25, -0.2) is 0 Å². The highest BCUT2D eigenvalue weighted by Crippen LogP contribution is 2.22. The number of fused-ring (bicyclic) bond motifs is 1. The Kier molecular flexibility index (Phi) is 6.44. The summed E-state index contributed by atoms with van der Waals surface area (Å²) in [6.07, 6.45) is 1.77. The zero-order valence-corrected chi connectivity index (χ0v) is 18.3. The summed E-state index contributed by atoms with van der Waals surface area (Å²) < 4.78 is 7.48. The van der Waals surface area contributed by atoms with Gasteiger partial charge in [-0.2, -0.15) is 0 Å². The zero-order valence-electron chi connectivity index (χ0n) is 17.5. The second-order valence-electron chi connectivity index (χ2n) is 7.69. The number of rotatable bonds is 7. The van der Waals surface area contributed by atoms with Crippen LogP contribution in [0, 0.1) is 0 Å². The molecule has 0 saturated carbocycles. The maximum atomic E-state index is 13.0. The fourth-order valence-corrected chi connectivity index (χ4v) is 3.72. The maximum absolute atomic E-state index is 13.0. The number of pyridine rings is 1. The number of amides is 1. The molecule has 4 aromatic rings. The summed E-state index contributed by atoms with van der Waals surface area (Å²) in [5.74, 6) is 0.131. The summed E-state index contributed by atoms with van der Waals surface area (Å²) >= 11 is 5.88. The molecule has 2 aromatic heterocycles. The molecule has 0 bridgehead atoms. The van der Waals surface area contributed by atoms with Crippen molar-refractivity contribution in [1.82, 2.24) is 9.88 Å². The molecule has 2 N–H and O–H groups in total. The van der Waals surface area contributed by atoms with Crippen molar-refractivity contribution < 1.29 is 14.3 Å². The van der Waals surface area contributed by atoms with Gasteiger partial charge in [0.05, 0.1) is 11.5 Å². The molecule has 0 aliphatic rings. The second kappa shape index (κ2) is 9.42. The third-order valence-electron chi connectivity index (χ3n) is 5.36. The van der Waals surface area contributed by atoms with E-state index in [2.05, 4.69) is 5.32 Å². The van der Waals surface area contributed by atoms with Gasteiger partial charge in [0.1, 0.15) is 11.3 Å². The minimum absolute atomic E-state index is 0.0469. The lowest BCUT2D eigenvalue weighted by Gasteiger charge is -2.09. The molecule has 1 unspecified atom stereocenters. The van der Waals surface area contributed by atoms with Crippen LogP contribution in [0.4, 0.5) is 0 Å². The fraction of sp³-hybridized carbons (Fsp3) is 0.200. The summed E-state index contributed by atoms with van der Waals surface area (Å²) in [4.78, 5) is 25.6. The minimum Gasteiger partial charge on any atom is -0.444 e. The molecule has 0 aliphatic heterocycles. The number of furan rings is 1. The molecule has 0 radical (unpaired) electrons. The molecule has 1 atom stereocenters. The number of nitrogens with one attached hydrogen (secondary N) is 1. The number of carbonyl (C=O) groups excluding carboxylic acids is 1. The van der Waals surface area contributed by atoms with E-state index in [0.717, 1.165) is 11.1 Å². The smallest absolute Gasteiger partial charge is 0.257 e. The van der Waals surface area contributed by atoms with E-state index in [1.807, 2.05) is 42.5 Å². The van der Waals surface area contributed by atoms with Crippen LogP contribution in [0.1, 0.15) is 39.8 Å². The van der Waals surface area contributed by atoms with Crippen LogP contribution >= 0.6 is 11.6 Å². The molecule has 0 aliphatic carbocycles. The van der Waals surface area contributed by atoms with Crippen molar-refractivity contribution in [2.75, 3.05) is 0 Å². The first-order chi connectivity index (χ1) is 15.4. The van der Waals surface area contributed by atoms with Crippen LogP contribution in [0.2, 0.25) is 5.02 Å². The number of aliphatic hydroxyl groups is 1. The Morgan fingerprint density at radius 1 is 1.16 bits per heavy atom. The number of aliphatic hydroxyl groups excluding tert-OH is 1. The molecule has 0 spiro atoms. The average molecular weight is 451 g/mol. The number of hydrogen-bond donors (Lipinski definition) is 2. The fourth-order valence-electron chi connectivity index (χ4n) is 3.60. The molecule has 6 nitrogen and oxygen atoms in total. The molecule has 1 amide bonds. The first-order valence-corrected chi connectivity index (χ1v) is 10.7. The lowest BCUT2D eigenvalue weighted by atomic mass is 10.0. The van der Waals surface area contributed by atoms with Crippen LogP contribution in [-0.4, -0.2) is 15.6 Å². The number of benzene rings is 2. The highest BCUT2D eigenvalue weighted by atomic mass is 35.5. The van der Waals surface area contributed by atoms with Crippen LogP contribution in [-0.2, 0) is 20.0 Å². The summed E-state index contributed by atoms with van der Waals surface area (Å²) in [6.45, 7) is 0.283. The monoisotopic (exact) mass is 450 g/mol. The zero-order chi connectivity index (χ0) is 22.7. The van der Waals surface area contributed by atoms with Crippen LogP contribution in [0.3, 0.4) is 0 Å². The Hall–Kier alpha value is -3.35. The summed E-state index contributed by atoms with van der Waals surface area (Å²) in [5.41, 5.74) is 1.77. The van der Waals surface area contributed by atoms with Gasteiger partial charge in [-0.05, 0) is 35.7 Å². The Balaban J connectivity index is 1.50. The largest absolute Gasteiger partial charge is 0.444 e. The van der Waals surface area contributed by atoms with Crippen molar-refractivity contribution in [1.29, 1.82) is 0 Å². The van der Waals surface area contributed by atoms with Gasteiger partial charge in [0.25, 0.3) is 5.91 Å². The van der Waals surface area contributed by atoms with Crippen LogP contribution < -0.4 is 10.7 Å². The van der Waals surface area contributed by atoms with Crippen molar-refractivity contribution in [2.24, 2.45) is 7.05 Å². The standard InChI is InChI=1S/C25H23ClN2O4/c1-28-15-21(24(31)27-14-16-7-9-18(26)10-8-16)23(30)20-13-19(32-25(20)28)11-12-22(29)17-5-3-2-4-6-17/h2-10,13,15,22,29H,11-12,14H2,1H3,(H,27,31). The van der Waals surface area contributed by atoms with Crippen molar-refractivity contribution in [2.45, 2.75) is 25.5 Å². The van der Waals surface area contributed by atoms with Crippen molar-refractivity contribution in [3.63, 3.8) is 0 Å². The number of aryl methyl sites for hydroxylation is 2. The first kappa shape index (κ1) is 21.9. The lowest BCUT2D eigenvalue weighted by Crippen LogP contribution is -2.29. The molecular formula is C25H23ClN2O4. The molecule has 32 heavy (non-hydrogen) atoms. The second-order valence-corrected chi connectivity index (χ2v) is 8.13. The van der Waals surface area contributed by atoms with Crippen LogP contribution in [0.15, 0.2) is 76.1 Å². The van der Waals surface area contributed by atoms with Gasteiger partial charge in [-0.1, -0.05) is 54.1 Å². The number of nitrogens with zero attached hydrogens (tertiary/aromatic N) is 1. The average Bonchev–Trinajstić information content (AvgIpc) is 3.25. The Morgan fingerprint density at radius 3 is 2.59 bits per heavy atom. The van der Waals surface area contributed by atoms with E-state index in [1.165, 1.54) is 6.20 Å². The third kappa shape index (κ3) is 4.77. The van der Waals surface area contributed by atoms with Gasteiger partial charge < -0.3 is 19.4 Å². The van der Waals surface area contributed by atoms with E-state index in [9.17, 15) is 14.7 Å². The molecule has 4 rings (SSSR count). The lowest BCUT2D eigenvalue weighted by molar-refractivity contribution is 0.0949. The van der Waals surface area contributed by atoms with Gasteiger partial charge >= 0.3 is 0 Å². The van der Waals surface area contributed by atoms with E-state index in [4.69, 9.17) is 16.0 Å². The molecule has 7 heteroatoms. The number of aromatic nitrogens is 1.